The highest BCUT2D eigenvalue weighted by Crippen LogP contribution is 2.36. The van der Waals surface area contributed by atoms with Crippen molar-refractivity contribution < 1.29 is 45.4 Å². The number of H-pyrrole nitrogens is 1. The number of carbonyl (C=O) groups is 2. The smallest absolute Gasteiger partial charge is 0.416 e. The molecule has 1 aromatic heterocycles. The molecule has 0 aliphatic heterocycles. The monoisotopic (exact) mass is 531 g/mol. The predicted molar refractivity (Wildman–Crippen MR) is 119 cm³/mol. The molecule has 1 atom stereocenters. The molecule has 0 saturated carbocycles. The molecule has 2 aromatic carbocycles. The van der Waals surface area contributed by atoms with Crippen molar-refractivity contribution in [1.82, 2.24) is 15.5 Å². The van der Waals surface area contributed by atoms with Gasteiger partial charge in [-0.15, -0.1) is 0 Å². The summed E-state index contributed by atoms with van der Waals surface area (Å²) in [4.78, 5) is 25.2. The van der Waals surface area contributed by atoms with Crippen molar-refractivity contribution in [2.24, 2.45) is 0 Å². The average Bonchev–Trinajstić information content (AvgIpc) is 3.17. The summed E-state index contributed by atoms with van der Waals surface area (Å²) in [6.07, 6.45) is -11.3. The van der Waals surface area contributed by atoms with Crippen molar-refractivity contribution in [3.63, 3.8) is 0 Å². The Morgan fingerprint density at radius 3 is 2.14 bits per heavy atom. The standard InChI is InChI=1S/C24H23F6N3O4/c1-22(2,3)37-21(35)31-19(11-18-16-6-4-5-7-17(16)32-33-18)20(34)36-12-13-8-14(23(25,26)27)10-15(9-13)24(28,29)30/h4-10,19H,11-12H2,1-3H3,(H,31,35)(H,32,33). The van der Waals surface area contributed by atoms with Gasteiger partial charge in [-0.2, -0.15) is 31.4 Å². The Bertz CT molecular complexity index is 1250. The van der Waals surface area contributed by atoms with Gasteiger partial charge >= 0.3 is 24.4 Å². The number of ether oxygens (including phenoxy) is 2. The number of hydrogen-bond acceptors (Lipinski definition) is 5. The quantitative estimate of drug-likeness (QED) is 0.311. The Morgan fingerprint density at radius 1 is 0.973 bits per heavy atom. The number of amides is 1. The van der Waals surface area contributed by atoms with Crippen LogP contribution in [-0.2, 0) is 39.6 Å². The van der Waals surface area contributed by atoms with E-state index in [1.807, 2.05) is 0 Å². The van der Waals surface area contributed by atoms with Gasteiger partial charge in [-0.3, -0.25) is 5.10 Å². The van der Waals surface area contributed by atoms with E-state index in [0.717, 1.165) is 0 Å². The summed E-state index contributed by atoms with van der Waals surface area (Å²) in [7, 11) is 0. The molecule has 0 radical (unpaired) electrons. The lowest BCUT2D eigenvalue weighted by Gasteiger charge is -2.23. The molecule has 0 aliphatic carbocycles. The third-order valence-corrected chi connectivity index (χ3v) is 4.95. The fourth-order valence-corrected chi connectivity index (χ4v) is 3.37. The summed E-state index contributed by atoms with van der Waals surface area (Å²) in [5.41, 5.74) is -3.51. The highest BCUT2D eigenvalue weighted by atomic mass is 19.4. The van der Waals surface area contributed by atoms with Crippen LogP contribution in [0, 0.1) is 0 Å². The van der Waals surface area contributed by atoms with Crippen LogP contribution in [-0.4, -0.2) is 33.9 Å². The van der Waals surface area contributed by atoms with E-state index in [1.165, 1.54) is 0 Å². The number of esters is 1. The summed E-state index contributed by atoms with van der Waals surface area (Å²) in [5, 5.41) is 9.82. The van der Waals surface area contributed by atoms with E-state index in [0.29, 0.717) is 28.7 Å². The van der Waals surface area contributed by atoms with Crippen LogP contribution in [0.3, 0.4) is 0 Å². The molecule has 0 fully saturated rings. The van der Waals surface area contributed by atoms with Crippen molar-refractivity contribution in [2.45, 2.75) is 57.8 Å². The van der Waals surface area contributed by atoms with Gasteiger partial charge in [0, 0.05) is 17.5 Å². The zero-order valence-electron chi connectivity index (χ0n) is 19.9. The molecule has 13 heteroatoms. The van der Waals surface area contributed by atoms with E-state index >= 15 is 0 Å². The van der Waals surface area contributed by atoms with Crippen LogP contribution in [0.4, 0.5) is 31.1 Å². The zero-order valence-corrected chi connectivity index (χ0v) is 19.9. The second-order valence-electron chi connectivity index (χ2n) is 9.14. The Balaban J connectivity index is 1.84. The Hall–Kier alpha value is -3.77. The van der Waals surface area contributed by atoms with Gasteiger partial charge in [-0.05, 0) is 50.6 Å². The molecule has 2 N–H and O–H groups in total. The number of alkyl carbamates (subject to hydrolysis) is 1. The van der Waals surface area contributed by atoms with Crippen LogP contribution in [0.2, 0.25) is 0 Å². The van der Waals surface area contributed by atoms with Crippen molar-refractivity contribution >= 4 is 23.0 Å². The molecular weight excluding hydrogens is 508 g/mol. The van der Waals surface area contributed by atoms with Gasteiger partial charge in [0.15, 0.2) is 0 Å². The van der Waals surface area contributed by atoms with Crippen LogP contribution >= 0.6 is 0 Å². The maximum atomic E-state index is 13.1. The normalized spacial score (nSPS) is 13.3. The Kier molecular flexibility index (Phi) is 7.75. The summed E-state index contributed by atoms with van der Waals surface area (Å²) >= 11 is 0. The molecule has 0 bridgehead atoms. The molecule has 0 spiro atoms. The van der Waals surface area contributed by atoms with E-state index in [-0.39, 0.29) is 12.5 Å². The van der Waals surface area contributed by atoms with Crippen LogP contribution in [0.1, 0.15) is 43.2 Å². The van der Waals surface area contributed by atoms with Crippen LogP contribution in [0.15, 0.2) is 42.5 Å². The molecule has 1 heterocycles. The average molecular weight is 531 g/mol. The second-order valence-corrected chi connectivity index (χ2v) is 9.14. The van der Waals surface area contributed by atoms with Crippen molar-refractivity contribution in [2.75, 3.05) is 0 Å². The van der Waals surface area contributed by atoms with Gasteiger partial charge in [0.05, 0.1) is 16.6 Å². The molecule has 3 rings (SSSR count). The number of fused-ring (bicyclic) bond motifs is 1. The van der Waals surface area contributed by atoms with Gasteiger partial charge < -0.3 is 14.8 Å². The molecule has 37 heavy (non-hydrogen) atoms. The van der Waals surface area contributed by atoms with Gasteiger partial charge in [0.1, 0.15) is 18.2 Å². The zero-order chi connectivity index (χ0) is 27.6. The van der Waals surface area contributed by atoms with Crippen molar-refractivity contribution in [3.05, 3.63) is 64.8 Å². The van der Waals surface area contributed by atoms with Crippen LogP contribution in [0.5, 0.6) is 0 Å². The number of hydrogen-bond donors (Lipinski definition) is 2. The minimum absolute atomic E-state index is 0.0263. The number of alkyl halides is 6. The summed E-state index contributed by atoms with van der Waals surface area (Å²) in [6, 6.07) is 6.38. The Morgan fingerprint density at radius 2 is 1.57 bits per heavy atom. The number of rotatable bonds is 6. The first kappa shape index (κ1) is 27.8. The topological polar surface area (TPSA) is 93.3 Å². The van der Waals surface area contributed by atoms with Gasteiger partial charge in [0.2, 0.25) is 0 Å². The van der Waals surface area contributed by atoms with Crippen LogP contribution in [0.25, 0.3) is 10.9 Å². The maximum absolute atomic E-state index is 13.1. The van der Waals surface area contributed by atoms with E-state index in [1.54, 1.807) is 45.0 Å². The third-order valence-electron chi connectivity index (χ3n) is 4.95. The van der Waals surface area contributed by atoms with Gasteiger partial charge in [-0.25, -0.2) is 9.59 Å². The fraction of sp³-hybridized carbons (Fsp3) is 0.375. The number of para-hydroxylation sites is 1. The number of halogens is 6. The van der Waals surface area contributed by atoms with Gasteiger partial charge in [0.25, 0.3) is 0 Å². The predicted octanol–water partition coefficient (Wildman–Crippen LogP) is 5.78. The second kappa shape index (κ2) is 10.3. The van der Waals surface area contributed by atoms with Crippen LogP contribution < -0.4 is 5.32 Å². The first-order valence-electron chi connectivity index (χ1n) is 10.9. The molecule has 200 valence electrons. The first-order chi connectivity index (χ1) is 17.0. The molecule has 1 amide bonds. The van der Waals surface area contributed by atoms with E-state index in [4.69, 9.17) is 9.47 Å². The highest BCUT2D eigenvalue weighted by molar-refractivity contribution is 5.85. The number of nitrogens with zero attached hydrogens (tertiary/aromatic N) is 1. The molecule has 1 unspecified atom stereocenters. The summed E-state index contributed by atoms with van der Waals surface area (Å²) in [5.74, 6) is -1.10. The van der Waals surface area contributed by atoms with Crippen molar-refractivity contribution in [3.8, 4) is 0 Å². The molecular formula is C24H23F6N3O4. The number of aromatic nitrogens is 2. The lowest BCUT2D eigenvalue weighted by atomic mass is 10.0. The number of nitrogens with one attached hydrogen (secondary N) is 2. The molecule has 7 nitrogen and oxygen atoms in total. The summed E-state index contributed by atoms with van der Waals surface area (Å²) < 4.78 is 89.0. The maximum Gasteiger partial charge on any atom is 0.416 e. The Labute approximate surface area is 207 Å². The van der Waals surface area contributed by atoms with E-state index in [2.05, 4.69) is 15.5 Å². The molecule has 0 saturated heterocycles. The number of benzene rings is 2. The first-order valence-corrected chi connectivity index (χ1v) is 10.9. The highest BCUT2D eigenvalue weighted by Gasteiger charge is 2.37. The van der Waals surface area contributed by atoms with Crippen molar-refractivity contribution in [1.29, 1.82) is 0 Å². The largest absolute Gasteiger partial charge is 0.459 e. The number of carbonyl (C=O) groups excluding carboxylic acids is 2. The molecule has 0 aliphatic rings. The minimum Gasteiger partial charge on any atom is -0.459 e. The minimum atomic E-state index is -5.05. The lowest BCUT2D eigenvalue weighted by molar-refractivity contribution is -0.147. The van der Waals surface area contributed by atoms with Gasteiger partial charge in [-0.1, -0.05) is 18.2 Å². The molecule has 3 aromatic rings. The number of aromatic amines is 1. The third kappa shape index (κ3) is 7.61. The van der Waals surface area contributed by atoms with E-state index in [9.17, 15) is 35.9 Å². The fourth-order valence-electron chi connectivity index (χ4n) is 3.37. The summed E-state index contributed by atoms with van der Waals surface area (Å²) in [6.45, 7) is 3.87. The van der Waals surface area contributed by atoms with E-state index < -0.39 is 59.4 Å². The lowest BCUT2D eigenvalue weighted by Crippen LogP contribution is -2.45. The SMILES string of the molecule is CC(C)(C)OC(=O)NC(Cc1[nH]nc2ccccc12)C(=O)OCc1cc(C(F)(F)F)cc(C(F)(F)F)c1.